The molecule has 0 aliphatic heterocycles. The fraction of sp³-hybridized carbons (Fsp3) is 0.667. The molecule has 0 bridgehead atoms. The summed E-state index contributed by atoms with van der Waals surface area (Å²) >= 11 is 0. The van der Waals surface area contributed by atoms with Crippen LogP contribution in [0, 0.1) is 11.7 Å². The number of ether oxygens (including phenoxy) is 1. The Hall–Kier alpha value is -1.09. The summed E-state index contributed by atoms with van der Waals surface area (Å²) in [6, 6.07) is 5.61. The number of hydrogen-bond acceptors (Lipinski definition) is 2. The summed E-state index contributed by atoms with van der Waals surface area (Å²) in [5, 5.41) is 3.52. The molecule has 3 heteroatoms. The highest BCUT2D eigenvalue weighted by Gasteiger charge is 2.20. The van der Waals surface area contributed by atoms with Crippen LogP contribution in [0.5, 0.6) is 5.75 Å². The summed E-state index contributed by atoms with van der Waals surface area (Å²) in [5.41, 5.74) is 1.04. The van der Waals surface area contributed by atoms with E-state index < -0.39 is 0 Å². The maximum absolute atomic E-state index is 13.9. The minimum absolute atomic E-state index is 0.249. The summed E-state index contributed by atoms with van der Waals surface area (Å²) in [5.74, 6) is 0.823. The van der Waals surface area contributed by atoms with Crippen molar-refractivity contribution in [2.45, 2.75) is 57.9 Å². The van der Waals surface area contributed by atoms with Crippen LogP contribution in [0.1, 0.15) is 63.5 Å². The molecular weight excluding hydrogens is 265 g/mol. The van der Waals surface area contributed by atoms with E-state index in [9.17, 15) is 4.39 Å². The Morgan fingerprint density at radius 3 is 2.52 bits per heavy atom. The summed E-state index contributed by atoms with van der Waals surface area (Å²) in [6.45, 7) is 3.02. The molecule has 1 N–H and O–H groups in total. The molecule has 2 rings (SSSR count). The van der Waals surface area contributed by atoms with Gasteiger partial charge in [0.1, 0.15) is 0 Å². The lowest BCUT2D eigenvalue weighted by atomic mass is 9.89. The topological polar surface area (TPSA) is 21.3 Å². The maximum atomic E-state index is 13.9. The van der Waals surface area contributed by atoms with Crippen LogP contribution in [0.3, 0.4) is 0 Å². The molecule has 1 aliphatic carbocycles. The summed E-state index contributed by atoms with van der Waals surface area (Å²) < 4.78 is 19.0. The lowest BCUT2D eigenvalue weighted by molar-refractivity contribution is 0.356. The monoisotopic (exact) mass is 293 g/mol. The molecular formula is C18H28FNO. The first kappa shape index (κ1) is 16.3. The van der Waals surface area contributed by atoms with Gasteiger partial charge < -0.3 is 10.1 Å². The molecule has 0 radical (unpaired) electrons. The second-order valence-electron chi connectivity index (χ2n) is 6.10. The second-order valence-corrected chi connectivity index (χ2v) is 6.10. The number of hydrogen-bond donors (Lipinski definition) is 1. The van der Waals surface area contributed by atoms with E-state index in [-0.39, 0.29) is 11.9 Å². The zero-order valence-electron chi connectivity index (χ0n) is 13.3. The third kappa shape index (κ3) is 4.70. The first-order valence-electron chi connectivity index (χ1n) is 8.31. The highest BCUT2D eigenvalue weighted by atomic mass is 19.1. The van der Waals surface area contributed by atoms with Crippen LogP contribution in [0.15, 0.2) is 18.2 Å². The summed E-state index contributed by atoms with van der Waals surface area (Å²) in [4.78, 5) is 0. The molecule has 0 amide bonds. The van der Waals surface area contributed by atoms with Crippen molar-refractivity contribution in [3.05, 3.63) is 29.6 Å². The van der Waals surface area contributed by atoms with Crippen molar-refractivity contribution < 1.29 is 9.13 Å². The van der Waals surface area contributed by atoms with Crippen LogP contribution in [-0.2, 0) is 0 Å². The van der Waals surface area contributed by atoms with Gasteiger partial charge in [-0.05, 0) is 36.6 Å². The van der Waals surface area contributed by atoms with E-state index >= 15 is 0 Å². The lowest BCUT2D eigenvalue weighted by Gasteiger charge is -2.24. The van der Waals surface area contributed by atoms with Gasteiger partial charge in [-0.3, -0.25) is 0 Å². The Morgan fingerprint density at radius 1 is 1.24 bits per heavy atom. The largest absolute Gasteiger partial charge is 0.494 e. The van der Waals surface area contributed by atoms with Crippen molar-refractivity contribution in [2.75, 3.05) is 13.7 Å². The fourth-order valence-corrected chi connectivity index (χ4v) is 3.42. The van der Waals surface area contributed by atoms with E-state index in [0.717, 1.165) is 24.4 Å². The molecule has 0 aromatic heterocycles. The van der Waals surface area contributed by atoms with Gasteiger partial charge in [0.05, 0.1) is 7.11 Å². The van der Waals surface area contributed by atoms with E-state index in [0.29, 0.717) is 5.75 Å². The second kappa shape index (κ2) is 8.38. The van der Waals surface area contributed by atoms with Crippen LogP contribution in [0.25, 0.3) is 0 Å². The van der Waals surface area contributed by atoms with Crippen LogP contribution in [0.2, 0.25) is 0 Å². The predicted molar refractivity (Wildman–Crippen MR) is 85.2 cm³/mol. The molecule has 1 atom stereocenters. The van der Waals surface area contributed by atoms with E-state index in [4.69, 9.17) is 4.74 Å². The van der Waals surface area contributed by atoms with E-state index in [1.165, 1.54) is 45.6 Å². The molecule has 1 aromatic carbocycles. The van der Waals surface area contributed by atoms with Crippen LogP contribution in [-0.4, -0.2) is 13.7 Å². The van der Waals surface area contributed by atoms with Crippen molar-refractivity contribution in [2.24, 2.45) is 5.92 Å². The van der Waals surface area contributed by atoms with E-state index in [2.05, 4.69) is 12.2 Å². The molecule has 1 fully saturated rings. The lowest BCUT2D eigenvalue weighted by Crippen LogP contribution is -2.23. The third-order valence-corrected chi connectivity index (χ3v) is 4.57. The van der Waals surface area contributed by atoms with Crippen LogP contribution < -0.4 is 10.1 Å². The third-order valence-electron chi connectivity index (χ3n) is 4.57. The quantitative estimate of drug-likeness (QED) is 0.757. The van der Waals surface area contributed by atoms with Gasteiger partial charge in [-0.15, -0.1) is 0 Å². The van der Waals surface area contributed by atoms with Gasteiger partial charge in [0.2, 0.25) is 0 Å². The Balaban J connectivity index is 2.08. The van der Waals surface area contributed by atoms with Crippen LogP contribution >= 0.6 is 0 Å². The van der Waals surface area contributed by atoms with Crippen molar-refractivity contribution in [3.63, 3.8) is 0 Å². The maximum Gasteiger partial charge on any atom is 0.165 e. The fourth-order valence-electron chi connectivity index (χ4n) is 3.42. The van der Waals surface area contributed by atoms with E-state index in [1.54, 1.807) is 12.1 Å². The van der Waals surface area contributed by atoms with Gasteiger partial charge in [-0.25, -0.2) is 4.39 Å². The molecule has 1 saturated carbocycles. The first-order chi connectivity index (χ1) is 10.2. The first-order valence-corrected chi connectivity index (χ1v) is 8.31. The minimum atomic E-state index is -0.265. The number of nitrogens with one attached hydrogen (secondary N) is 1. The molecule has 21 heavy (non-hydrogen) atoms. The molecule has 118 valence electrons. The smallest absolute Gasteiger partial charge is 0.165 e. The number of rotatable bonds is 6. The Kier molecular flexibility index (Phi) is 6.50. The molecule has 0 spiro atoms. The number of halogens is 1. The minimum Gasteiger partial charge on any atom is -0.494 e. The Bertz CT molecular complexity index is 427. The Morgan fingerprint density at radius 2 is 1.95 bits per heavy atom. The summed E-state index contributed by atoms with van der Waals surface area (Å²) in [6.07, 6.45) is 9.20. The molecule has 0 heterocycles. The normalized spacial score (nSPS) is 18.2. The van der Waals surface area contributed by atoms with Gasteiger partial charge >= 0.3 is 0 Å². The SMILES string of the molecule is CCNC(CC1CCCCCC1)c1ccc(OC)c(F)c1. The average Bonchev–Trinajstić information content (AvgIpc) is 2.75. The van der Waals surface area contributed by atoms with Crippen molar-refractivity contribution in [3.8, 4) is 5.75 Å². The average molecular weight is 293 g/mol. The van der Waals surface area contributed by atoms with Gasteiger partial charge in [-0.1, -0.05) is 51.5 Å². The molecule has 1 aromatic rings. The standard InChI is InChI=1S/C18H28FNO/c1-3-20-17(12-14-8-6-4-5-7-9-14)15-10-11-18(21-2)16(19)13-15/h10-11,13-14,17,20H,3-9,12H2,1-2H3. The van der Waals surface area contributed by atoms with E-state index in [1.807, 2.05) is 6.07 Å². The van der Waals surface area contributed by atoms with Gasteiger partial charge in [0.15, 0.2) is 11.6 Å². The number of benzene rings is 1. The molecule has 1 aliphatic rings. The zero-order valence-corrected chi connectivity index (χ0v) is 13.3. The van der Waals surface area contributed by atoms with Gasteiger partial charge in [-0.2, -0.15) is 0 Å². The summed E-state index contributed by atoms with van der Waals surface area (Å²) in [7, 11) is 1.51. The van der Waals surface area contributed by atoms with Crippen LogP contribution in [0.4, 0.5) is 4.39 Å². The zero-order chi connectivity index (χ0) is 15.1. The van der Waals surface area contributed by atoms with Gasteiger partial charge in [0, 0.05) is 6.04 Å². The van der Waals surface area contributed by atoms with Gasteiger partial charge in [0.25, 0.3) is 0 Å². The van der Waals surface area contributed by atoms with Crippen molar-refractivity contribution >= 4 is 0 Å². The molecule has 1 unspecified atom stereocenters. The molecule has 0 saturated heterocycles. The Labute approximate surface area is 128 Å². The van der Waals surface area contributed by atoms with Crippen molar-refractivity contribution in [1.29, 1.82) is 0 Å². The highest BCUT2D eigenvalue weighted by molar-refractivity contribution is 5.31. The predicted octanol–water partition coefficient (Wildman–Crippen LogP) is 4.85. The van der Waals surface area contributed by atoms with Crippen molar-refractivity contribution in [1.82, 2.24) is 5.32 Å². The molecule has 2 nitrogen and oxygen atoms in total. The highest BCUT2D eigenvalue weighted by Crippen LogP contribution is 2.32. The number of methoxy groups -OCH3 is 1.